The average molecular weight is 366 g/mol. The second-order valence-electron chi connectivity index (χ2n) is 7.22. The molecule has 0 unspecified atom stereocenters. The van der Waals surface area contributed by atoms with Crippen molar-refractivity contribution in [3.8, 4) is 0 Å². The highest BCUT2D eigenvalue weighted by Gasteiger charge is 2.23. The zero-order chi connectivity index (χ0) is 20.3. The number of hydrogen-bond acceptors (Lipinski definition) is 3. The van der Waals surface area contributed by atoms with Crippen molar-refractivity contribution in [2.75, 3.05) is 5.32 Å². The normalized spacial score (nSPS) is 10.9. The number of benzene rings is 2. The molecule has 0 heterocycles. The molecule has 0 saturated carbocycles. The number of anilines is 1. The van der Waals surface area contributed by atoms with Crippen molar-refractivity contribution in [1.29, 1.82) is 0 Å². The Balaban J connectivity index is 2.58. The van der Waals surface area contributed by atoms with Gasteiger partial charge in [0.25, 0.3) is 5.91 Å². The monoisotopic (exact) mass is 366 g/mol. The molecule has 0 atom stereocenters. The summed E-state index contributed by atoms with van der Waals surface area (Å²) in [6, 6.07) is 10.5. The molecule has 0 aliphatic heterocycles. The second-order valence-corrected chi connectivity index (χ2v) is 7.22. The van der Waals surface area contributed by atoms with Crippen molar-refractivity contribution in [2.45, 2.75) is 46.5 Å². The molecule has 0 spiro atoms. The number of carbonyl (C=O) groups is 3. The molecule has 142 valence electrons. The summed E-state index contributed by atoms with van der Waals surface area (Å²) < 4.78 is 0. The van der Waals surface area contributed by atoms with Crippen molar-refractivity contribution < 1.29 is 14.4 Å². The van der Waals surface area contributed by atoms with E-state index in [1.165, 1.54) is 19.1 Å². The van der Waals surface area contributed by atoms with Crippen molar-refractivity contribution in [2.24, 2.45) is 5.73 Å². The van der Waals surface area contributed by atoms with Crippen molar-refractivity contribution in [3.05, 3.63) is 64.2 Å². The molecule has 3 N–H and O–H groups in total. The molecule has 0 saturated heterocycles. The minimum atomic E-state index is -0.799. The topological polar surface area (TPSA) is 89.3 Å². The first-order chi connectivity index (χ1) is 12.6. The standard InChI is InChI=1S/C22H26N2O3/c1-12(2)15-8-6-9-16(13(3)4)20(15)24-22(27)18-11-7-10-17(14(5)25)19(18)21(23)26/h6-13H,1-5H3,(H2,23,26)(H,24,27). The fraction of sp³-hybridized carbons (Fsp3) is 0.318. The van der Waals surface area contributed by atoms with Gasteiger partial charge in [-0.15, -0.1) is 0 Å². The van der Waals surface area contributed by atoms with Crippen molar-refractivity contribution in [1.82, 2.24) is 0 Å². The van der Waals surface area contributed by atoms with Gasteiger partial charge in [0.2, 0.25) is 5.91 Å². The smallest absolute Gasteiger partial charge is 0.256 e. The lowest BCUT2D eigenvalue weighted by atomic mass is 9.92. The fourth-order valence-electron chi connectivity index (χ4n) is 3.18. The Morgan fingerprint density at radius 2 is 1.33 bits per heavy atom. The van der Waals surface area contributed by atoms with Crippen LogP contribution in [0.3, 0.4) is 0 Å². The van der Waals surface area contributed by atoms with E-state index in [0.717, 1.165) is 16.8 Å². The van der Waals surface area contributed by atoms with E-state index in [-0.39, 0.29) is 34.3 Å². The molecular weight excluding hydrogens is 340 g/mol. The van der Waals surface area contributed by atoms with Crippen LogP contribution in [-0.2, 0) is 0 Å². The van der Waals surface area contributed by atoms with Crippen molar-refractivity contribution in [3.63, 3.8) is 0 Å². The number of rotatable bonds is 6. The summed E-state index contributed by atoms with van der Waals surface area (Å²) in [4.78, 5) is 36.8. The Kier molecular flexibility index (Phi) is 6.16. The number of nitrogens with two attached hydrogens (primary N) is 1. The van der Waals surface area contributed by atoms with Gasteiger partial charge in [0, 0.05) is 11.3 Å². The molecule has 0 aliphatic rings. The molecule has 0 bridgehead atoms. The highest BCUT2D eigenvalue weighted by atomic mass is 16.2. The highest BCUT2D eigenvalue weighted by molar-refractivity contribution is 6.16. The average Bonchev–Trinajstić information content (AvgIpc) is 2.60. The number of para-hydroxylation sites is 1. The summed E-state index contributed by atoms with van der Waals surface area (Å²) in [6.45, 7) is 9.57. The van der Waals surface area contributed by atoms with Crippen molar-refractivity contribution >= 4 is 23.3 Å². The summed E-state index contributed by atoms with van der Waals surface area (Å²) in [7, 11) is 0. The lowest BCUT2D eigenvalue weighted by Crippen LogP contribution is -2.24. The number of Topliss-reactive ketones (excluding diaryl/α,β-unsaturated/α-hetero) is 1. The predicted octanol–water partition coefficient (Wildman–Crippen LogP) is 4.49. The molecule has 2 amide bonds. The Morgan fingerprint density at radius 1 is 0.852 bits per heavy atom. The van der Waals surface area contributed by atoms with E-state index >= 15 is 0 Å². The van der Waals surface area contributed by atoms with E-state index in [9.17, 15) is 14.4 Å². The summed E-state index contributed by atoms with van der Waals surface area (Å²) >= 11 is 0. The van der Waals surface area contributed by atoms with Crippen LogP contribution in [-0.4, -0.2) is 17.6 Å². The van der Waals surface area contributed by atoms with Gasteiger partial charge >= 0.3 is 0 Å². The van der Waals surface area contributed by atoms with E-state index < -0.39 is 11.8 Å². The van der Waals surface area contributed by atoms with E-state index in [2.05, 4.69) is 33.0 Å². The summed E-state index contributed by atoms with van der Waals surface area (Å²) in [5.74, 6) is -1.16. The molecule has 2 rings (SSSR count). The molecule has 0 aromatic heterocycles. The van der Waals surface area contributed by atoms with Crippen LogP contribution in [0.2, 0.25) is 0 Å². The van der Waals surface area contributed by atoms with Crippen LogP contribution in [0.15, 0.2) is 36.4 Å². The van der Waals surface area contributed by atoms with Crippen LogP contribution in [0.1, 0.15) is 88.7 Å². The van der Waals surface area contributed by atoms with Gasteiger partial charge in [-0.25, -0.2) is 0 Å². The van der Waals surface area contributed by atoms with Gasteiger partial charge < -0.3 is 11.1 Å². The third-order valence-corrected chi connectivity index (χ3v) is 4.55. The van der Waals surface area contributed by atoms with Crippen LogP contribution < -0.4 is 11.1 Å². The van der Waals surface area contributed by atoms with Gasteiger partial charge in [0.15, 0.2) is 5.78 Å². The minimum Gasteiger partial charge on any atom is -0.366 e. The zero-order valence-electron chi connectivity index (χ0n) is 16.4. The molecule has 0 radical (unpaired) electrons. The molecule has 5 nitrogen and oxygen atoms in total. The van der Waals surface area contributed by atoms with Crippen LogP contribution in [0.5, 0.6) is 0 Å². The summed E-state index contributed by atoms with van der Waals surface area (Å²) in [5, 5.41) is 2.96. The maximum atomic E-state index is 13.0. The molecule has 0 fully saturated rings. The number of nitrogens with one attached hydrogen (secondary N) is 1. The van der Waals surface area contributed by atoms with E-state index in [1.54, 1.807) is 6.07 Å². The fourth-order valence-corrected chi connectivity index (χ4v) is 3.18. The van der Waals surface area contributed by atoms with Gasteiger partial charge in [0.1, 0.15) is 0 Å². The van der Waals surface area contributed by atoms with E-state index in [4.69, 9.17) is 5.73 Å². The van der Waals surface area contributed by atoms with Crippen LogP contribution >= 0.6 is 0 Å². The first kappa shape index (κ1) is 20.4. The maximum absolute atomic E-state index is 13.0. The van der Waals surface area contributed by atoms with Gasteiger partial charge in [-0.1, -0.05) is 58.0 Å². The van der Waals surface area contributed by atoms with Crippen LogP contribution in [0, 0.1) is 0 Å². The van der Waals surface area contributed by atoms with Gasteiger partial charge in [0.05, 0.1) is 11.1 Å². The Bertz CT molecular complexity index is 872. The Hall–Kier alpha value is -2.95. The van der Waals surface area contributed by atoms with Gasteiger partial charge in [-0.2, -0.15) is 0 Å². The first-order valence-electron chi connectivity index (χ1n) is 9.03. The van der Waals surface area contributed by atoms with E-state index in [1.807, 2.05) is 18.2 Å². The van der Waals surface area contributed by atoms with E-state index in [0.29, 0.717) is 0 Å². The maximum Gasteiger partial charge on any atom is 0.256 e. The predicted molar refractivity (Wildman–Crippen MR) is 108 cm³/mol. The Labute approximate surface area is 160 Å². The molecule has 0 aliphatic carbocycles. The summed E-state index contributed by atoms with van der Waals surface area (Å²) in [6.07, 6.45) is 0. The highest BCUT2D eigenvalue weighted by Crippen LogP contribution is 2.33. The van der Waals surface area contributed by atoms with Gasteiger partial charge in [-0.3, -0.25) is 14.4 Å². The third kappa shape index (κ3) is 4.25. The quantitative estimate of drug-likeness (QED) is 0.738. The first-order valence-corrected chi connectivity index (χ1v) is 9.03. The molecule has 5 heteroatoms. The number of ketones is 1. The molecule has 27 heavy (non-hydrogen) atoms. The largest absolute Gasteiger partial charge is 0.366 e. The summed E-state index contributed by atoms with van der Waals surface area (Å²) in [5.41, 5.74) is 8.44. The molecule has 2 aromatic rings. The zero-order valence-corrected chi connectivity index (χ0v) is 16.4. The van der Waals surface area contributed by atoms with Gasteiger partial charge in [-0.05, 0) is 36.0 Å². The second kappa shape index (κ2) is 8.16. The number of hydrogen-bond donors (Lipinski definition) is 2. The minimum absolute atomic E-state index is 0.0457. The number of primary amides is 1. The number of carbonyl (C=O) groups excluding carboxylic acids is 3. The number of amides is 2. The Morgan fingerprint density at radius 3 is 1.78 bits per heavy atom. The lowest BCUT2D eigenvalue weighted by Gasteiger charge is -2.21. The molecular formula is C22H26N2O3. The van der Waals surface area contributed by atoms with Crippen LogP contribution in [0.25, 0.3) is 0 Å². The lowest BCUT2D eigenvalue weighted by molar-refractivity contribution is 0.0962. The SMILES string of the molecule is CC(=O)c1cccc(C(=O)Nc2c(C(C)C)cccc2C(C)C)c1C(N)=O. The third-order valence-electron chi connectivity index (χ3n) is 4.55. The van der Waals surface area contributed by atoms with Crippen LogP contribution in [0.4, 0.5) is 5.69 Å². The molecule has 2 aromatic carbocycles.